The first-order valence-electron chi connectivity index (χ1n) is 9.60. The van der Waals surface area contributed by atoms with Crippen LogP contribution in [0.3, 0.4) is 0 Å². The first kappa shape index (κ1) is 19.0. The molecule has 1 aromatic carbocycles. The van der Waals surface area contributed by atoms with Gasteiger partial charge in [-0.25, -0.2) is 9.67 Å². The number of hydrogen-bond acceptors (Lipinski definition) is 4. The van der Waals surface area contributed by atoms with E-state index in [0.717, 1.165) is 41.9 Å². The summed E-state index contributed by atoms with van der Waals surface area (Å²) in [6, 6.07) is 11.8. The highest BCUT2D eigenvalue weighted by molar-refractivity contribution is 6.06. The Hall–Kier alpha value is -2.73. The quantitative estimate of drug-likeness (QED) is 0.666. The van der Waals surface area contributed by atoms with E-state index in [9.17, 15) is 4.79 Å². The van der Waals surface area contributed by atoms with Gasteiger partial charge in [0.25, 0.3) is 5.91 Å². The summed E-state index contributed by atoms with van der Waals surface area (Å²) >= 11 is 0. The van der Waals surface area contributed by atoms with E-state index in [0.29, 0.717) is 18.7 Å². The molecule has 2 heterocycles. The molecule has 0 aliphatic heterocycles. The van der Waals surface area contributed by atoms with Crippen molar-refractivity contribution in [3.63, 3.8) is 0 Å². The van der Waals surface area contributed by atoms with Gasteiger partial charge in [-0.3, -0.25) is 4.79 Å². The maximum atomic E-state index is 12.9. The van der Waals surface area contributed by atoms with Gasteiger partial charge in [0.2, 0.25) is 0 Å². The highest BCUT2D eigenvalue weighted by Crippen LogP contribution is 2.24. The van der Waals surface area contributed by atoms with Gasteiger partial charge < -0.3 is 10.2 Å². The molecule has 0 fully saturated rings. The summed E-state index contributed by atoms with van der Waals surface area (Å²) in [5.74, 6) is -0.0811. The van der Waals surface area contributed by atoms with Crippen molar-refractivity contribution in [3.05, 3.63) is 48.2 Å². The lowest BCUT2D eigenvalue weighted by Gasteiger charge is -2.18. The molecule has 0 radical (unpaired) electrons. The van der Waals surface area contributed by atoms with Crippen molar-refractivity contribution in [3.8, 4) is 11.3 Å². The molecule has 3 rings (SSSR count). The van der Waals surface area contributed by atoms with E-state index in [2.05, 4.69) is 29.2 Å². The van der Waals surface area contributed by atoms with Crippen molar-refractivity contribution < 1.29 is 4.79 Å². The third-order valence-electron chi connectivity index (χ3n) is 4.83. The molecule has 0 bridgehead atoms. The van der Waals surface area contributed by atoms with E-state index in [1.54, 1.807) is 6.20 Å². The zero-order chi connectivity index (χ0) is 19.2. The number of carbonyl (C=O) groups is 1. The standard InChI is InChI=1S/C21H27N5O/c1-4-25(5-2)13-12-22-21(27)17-14-19(16-10-8-7-9-11-16)24-20-18(17)15-23-26(20)6-3/h7-11,14-15H,4-6,12-13H2,1-3H3,(H,22,27). The van der Waals surface area contributed by atoms with Crippen LogP contribution in [-0.4, -0.2) is 51.8 Å². The first-order valence-corrected chi connectivity index (χ1v) is 9.60. The predicted molar refractivity (Wildman–Crippen MR) is 109 cm³/mol. The van der Waals surface area contributed by atoms with Crippen molar-refractivity contribution in [2.24, 2.45) is 0 Å². The van der Waals surface area contributed by atoms with Gasteiger partial charge >= 0.3 is 0 Å². The fourth-order valence-electron chi connectivity index (χ4n) is 3.19. The number of nitrogens with one attached hydrogen (secondary N) is 1. The van der Waals surface area contributed by atoms with Crippen molar-refractivity contribution >= 4 is 16.9 Å². The van der Waals surface area contributed by atoms with E-state index in [4.69, 9.17) is 4.98 Å². The molecule has 0 aliphatic carbocycles. The Morgan fingerprint density at radius 2 is 1.89 bits per heavy atom. The maximum Gasteiger partial charge on any atom is 0.252 e. The van der Waals surface area contributed by atoms with Crippen LogP contribution in [0.5, 0.6) is 0 Å². The molecule has 2 aromatic heterocycles. The summed E-state index contributed by atoms with van der Waals surface area (Å²) in [5, 5.41) is 8.23. The summed E-state index contributed by atoms with van der Waals surface area (Å²) < 4.78 is 1.83. The number of carbonyl (C=O) groups excluding carboxylic acids is 1. The molecule has 6 heteroatoms. The largest absolute Gasteiger partial charge is 0.351 e. The fourth-order valence-corrected chi connectivity index (χ4v) is 3.19. The van der Waals surface area contributed by atoms with E-state index >= 15 is 0 Å². The third-order valence-corrected chi connectivity index (χ3v) is 4.83. The molecular formula is C21H27N5O. The molecule has 1 N–H and O–H groups in total. The number of fused-ring (bicyclic) bond motifs is 1. The normalized spacial score (nSPS) is 11.3. The summed E-state index contributed by atoms with van der Waals surface area (Å²) in [4.78, 5) is 20.0. The Balaban J connectivity index is 1.93. The molecule has 1 amide bonds. The van der Waals surface area contributed by atoms with Gasteiger partial charge in [-0.15, -0.1) is 0 Å². The topological polar surface area (TPSA) is 63.1 Å². The number of aromatic nitrogens is 3. The minimum absolute atomic E-state index is 0.0811. The fraction of sp³-hybridized carbons (Fsp3) is 0.381. The van der Waals surface area contributed by atoms with E-state index < -0.39 is 0 Å². The highest BCUT2D eigenvalue weighted by Gasteiger charge is 2.17. The molecule has 3 aromatic rings. The van der Waals surface area contributed by atoms with E-state index in [1.807, 2.05) is 48.0 Å². The molecule has 0 saturated carbocycles. The van der Waals surface area contributed by atoms with Crippen LogP contribution in [0.2, 0.25) is 0 Å². The van der Waals surface area contributed by atoms with Gasteiger partial charge in [-0.1, -0.05) is 44.2 Å². The number of rotatable bonds is 8. The smallest absolute Gasteiger partial charge is 0.252 e. The van der Waals surface area contributed by atoms with Crippen LogP contribution in [0.4, 0.5) is 0 Å². The number of pyridine rings is 1. The van der Waals surface area contributed by atoms with Crippen molar-refractivity contribution in [2.75, 3.05) is 26.2 Å². The average Bonchev–Trinajstić information content (AvgIpc) is 3.14. The van der Waals surface area contributed by atoms with E-state index in [1.165, 1.54) is 0 Å². The summed E-state index contributed by atoms with van der Waals surface area (Å²) in [6.45, 7) is 10.4. The Kier molecular flexibility index (Phi) is 6.19. The Bertz CT molecular complexity index is 900. The van der Waals surface area contributed by atoms with Gasteiger partial charge in [0.15, 0.2) is 5.65 Å². The Labute approximate surface area is 160 Å². The minimum Gasteiger partial charge on any atom is -0.351 e. The molecule has 27 heavy (non-hydrogen) atoms. The van der Waals surface area contributed by atoms with E-state index in [-0.39, 0.29) is 5.91 Å². The Morgan fingerprint density at radius 1 is 1.15 bits per heavy atom. The zero-order valence-electron chi connectivity index (χ0n) is 16.3. The average molecular weight is 365 g/mol. The molecule has 6 nitrogen and oxygen atoms in total. The Morgan fingerprint density at radius 3 is 2.56 bits per heavy atom. The van der Waals surface area contributed by atoms with Gasteiger partial charge in [-0.2, -0.15) is 5.10 Å². The lowest BCUT2D eigenvalue weighted by atomic mass is 10.1. The van der Waals surface area contributed by atoms with Crippen LogP contribution in [-0.2, 0) is 6.54 Å². The number of hydrogen-bond donors (Lipinski definition) is 1. The van der Waals surface area contributed by atoms with Gasteiger partial charge in [-0.05, 0) is 26.1 Å². The van der Waals surface area contributed by atoms with Crippen molar-refractivity contribution in [2.45, 2.75) is 27.3 Å². The highest BCUT2D eigenvalue weighted by atomic mass is 16.1. The number of nitrogens with zero attached hydrogens (tertiary/aromatic N) is 4. The molecule has 142 valence electrons. The molecule has 0 atom stereocenters. The zero-order valence-corrected chi connectivity index (χ0v) is 16.3. The second-order valence-electron chi connectivity index (χ2n) is 6.40. The minimum atomic E-state index is -0.0811. The van der Waals surface area contributed by atoms with Crippen LogP contribution in [0.25, 0.3) is 22.3 Å². The molecule has 0 saturated heterocycles. The second-order valence-corrected chi connectivity index (χ2v) is 6.40. The lowest BCUT2D eigenvalue weighted by molar-refractivity contribution is 0.0950. The summed E-state index contributed by atoms with van der Waals surface area (Å²) in [5.41, 5.74) is 3.14. The number of likely N-dealkylation sites (N-methyl/N-ethyl adjacent to an activating group) is 1. The first-order chi connectivity index (χ1) is 13.2. The molecule has 0 unspecified atom stereocenters. The van der Waals surface area contributed by atoms with Crippen LogP contribution < -0.4 is 5.32 Å². The summed E-state index contributed by atoms with van der Waals surface area (Å²) in [6.07, 6.45) is 1.74. The third kappa shape index (κ3) is 4.17. The second kappa shape index (κ2) is 8.77. The van der Waals surface area contributed by atoms with Crippen LogP contribution in [0.1, 0.15) is 31.1 Å². The predicted octanol–water partition coefficient (Wildman–Crippen LogP) is 3.19. The van der Waals surface area contributed by atoms with Crippen molar-refractivity contribution in [1.82, 2.24) is 25.0 Å². The lowest BCUT2D eigenvalue weighted by Crippen LogP contribution is -2.34. The molecule has 0 aliphatic rings. The van der Waals surface area contributed by atoms with Crippen LogP contribution >= 0.6 is 0 Å². The van der Waals surface area contributed by atoms with Gasteiger partial charge in [0.05, 0.1) is 22.8 Å². The van der Waals surface area contributed by atoms with Gasteiger partial charge in [0, 0.05) is 25.2 Å². The van der Waals surface area contributed by atoms with Gasteiger partial charge in [0.1, 0.15) is 0 Å². The maximum absolute atomic E-state index is 12.9. The van der Waals surface area contributed by atoms with Crippen LogP contribution in [0, 0.1) is 0 Å². The number of benzene rings is 1. The molecular weight excluding hydrogens is 338 g/mol. The van der Waals surface area contributed by atoms with Crippen molar-refractivity contribution in [1.29, 1.82) is 0 Å². The van der Waals surface area contributed by atoms with Crippen LogP contribution in [0.15, 0.2) is 42.6 Å². The SMILES string of the molecule is CCN(CC)CCNC(=O)c1cc(-c2ccccc2)nc2c1cnn2CC. The summed E-state index contributed by atoms with van der Waals surface area (Å²) in [7, 11) is 0. The molecule has 0 spiro atoms. The monoisotopic (exact) mass is 365 g/mol. The number of aryl methyl sites for hydroxylation is 1. The number of amides is 1.